The summed E-state index contributed by atoms with van der Waals surface area (Å²) < 4.78 is 40.4. The van der Waals surface area contributed by atoms with Crippen LogP contribution in [0.2, 0.25) is 0 Å². The van der Waals surface area contributed by atoms with Crippen molar-refractivity contribution in [2.75, 3.05) is 11.9 Å². The van der Waals surface area contributed by atoms with E-state index in [1.807, 2.05) is 0 Å². The van der Waals surface area contributed by atoms with Crippen molar-refractivity contribution in [3.63, 3.8) is 0 Å². The van der Waals surface area contributed by atoms with Gasteiger partial charge < -0.3 is 4.74 Å². The van der Waals surface area contributed by atoms with Gasteiger partial charge in [-0.05, 0) is 24.6 Å². The zero-order chi connectivity index (χ0) is 16.2. The molecule has 2 aromatic rings. The molecule has 0 saturated carbocycles. The van der Waals surface area contributed by atoms with Crippen LogP contribution in [0.25, 0.3) is 0 Å². The van der Waals surface area contributed by atoms with Gasteiger partial charge in [-0.2, -0.15) is 13.2 Å². The van der Waals surface area contributed by atoms with Crippen LogP contribution in [0.15, 0.2) is 24.3 Å². The van der Waals surface area contributed by atoms with Gasteiger partial charge in [0.2, 0.25) is 5.13 Å². The van der Waals surface area contributed by atoms with E-state index >= 15 is 0 Å². The van der Waals surface area contributed by atoms with Crippen LogP contribution >= 0.6 is 11.3 Å². The first-order valence-corrected chi connectivity index (χ1v) is 7.00. The summed E-state index contributed by atoms with van der Waals surface area (Å²) in [4.78, 5) is 11.9. The smallest absolute Gasteiger partial charge is 0.367 e. The lowest BCUT2D eigenvalue weighted by atomic mass is 10.1. The number of anilines is 1. The van der Waals surface area contributed by atoms with E-state index in [1.165, 1.54) is 35.6 Å². The Bertz CT molecular complexity index is 641. The molecule has 1 amide bonds. The summed E-state index contributed by atoms with van der Waals surface area (Å²) in [7, 11) is 0. The van der Waals surface area contributed by atoms with Crippen LogP contribution in [-0.4, -0.2) is 28.9 Å². The first-order chi connectivity index (χ1) is 10.3. The van der Waals surface area contributed by atoms with Crippen LogP contribution in [0.4, 0.5) is 18.3 Å². The molecule has 22 heavy (non-hydrogen) atoms. The summed E-state index contributed by atoms with van der Waals surface area (Å²) in [6, 6.07) is 6.10. The fourth-order valence-electron chi connectivity index (χ4n) is 1.55. The van der Waals surface area contributed by atoms with Crippen molar-refractivity contribution >= 4 is 22.4 Å². The van der Waals surface area contributed by atoms with E-state index in [0.717, 1.165) is 5.01 Å². The van der Waals surface area contributed by atoms with Crippen molar-refractivity contribution in [1.82, 2.24) is 10.2 Å². The minimum absolute atomic E-state index is 0.170. The standard InChI is InChI=1S/C13H12F3N3O2S/c1-8-18-19-12(22-8)17-11(20)10-4-2-9(3-5-10)6-21-7-13(14,15)16/h2-5H,6-7H2,1H3,(H,17,19,20). The summed E-state index contributed by atoms with van der Waals surface area (Å²) in [5.41, 5.74) is 0.917. The van der Waals surface area contributed by atoms with E-state index in [9.17, 15) is 18.0 Å². The maximum atomic E-state index is 11.9. The highest BCUT2D eigenvalue weighted by molar-refractivity contribution is 7.15. The minimum Gasteiger partial charge on any atom is -0.367 e. The van der Waals surface area contributed by atoms with Crippen LogP contribution < -0.4 is 5.32 Å². The van der Waals surface area contributed by atoms with E-state index in [-0.39, 0.29) is 12.5 Å². The Balaban J connectivity index is 1.89. The van der Waals surface area contributed by atoms with Gasteiger partial charge in [0.1, 0.15) is 11.6 Å². The summed E-state index contributed by atoms with van der Waals surface area (Å²) >= 11 is 1.25. The number of amides is 1. The van der Waals surface area contributed by atoms with Gasteiger partial charge in [0, 0.05) is 5.56 Å². The summed E-state index contributed by atoms with van der Waals surface area (Å²) in [5.74, 6) is -0.362. The Morgan fingerprint density at radius 1 is 1.27 bits per heavy atom. The SMILES string of the molecule is Cc1nnc(NC(=O)c2ccc(COCC(F)(F)F)cc2)s1. The van der Waals surface area contributed by atoms with E-state index in [2.05, 4.69) is 20.3 Å². The maximum Gasteiger partial charge on any atom is 0.411 e. The zero-order valence-corrected chi connectivity index (χ0v) is 12.3. The molecule has 0 unspecified atom stereocenters. The second-order valence-corrected chi connectivity index (χ2v) is 5.57. The first kappa shape index (κ1) is 16.4. The van der Waals surface area contributed by atoms with Gasteiger partial charge in [-0.1, -0.05) is 23.5 Å². The number of carbonyl (C=O) groups is 1. The quantitative estimate of drug-likeness (QED) is 0.914. The van der Waals surface area contributed by atoms with Crippen molar-refractivity contribution < 1.29 is 22.7 Å². The molecule has 9 heteroatoms. The molecule has 5 nitrogen and oxygen atoms in total. The van der Waals surface area contributed by atoms with Crippen molar-refractivity contribution in [2.45, 2.75) is 19.7 Å². The third-order valence-corrected chi connectivity index (χ3v) is 3.25. The molecular formula is C13H12F3N3O2S. The number of nitrogens with zero attached hydrogens (tertiary/aromatic N) is 2. The van der Waals surface area contributed by atoms with Crippen molar-refractivity contribution in [3.05, 3.63) is 40.4 Å². The van der Waals surface area contributed by atoms with E-state index in [1.54, 1.807) is 6.92 Å². The fourth-order valence-corrected chi connectivity index (χ4v) is 2.14. The van der Waals surface area contributed by atoms with Gasteiger partial charge in [0.25, 0.3) is 5.91 Å². The summed E-state index contributed by atoms with van der Waals surface area (Å²) in [6.45, 7) is 0.297. The third-order valence-electron chi connectivity index (χ3n) is 2.50. The normalized spacial score (nSPS) is 11.5. The molecule has 0 bridgehead atoms. The van der Waals surface area contributed by atoms with Crippen LogP contribution in [0.1, 0.15) is 20.9 Å². The van der Waals surface area contributed by atoms with E-state index in [4.69, 9.17) is 0 Å². The second-order valence-electron chi connectivity index (χ2n) is 4.39. The average molecular weight is 331 g/mol. The molecule has 2 rings (SSSR count). The number of hydrogen-bond acceptors (Lipinski definition) is 5. The highest BCUT2D eigenvalue weighted by Gasteiger charge is 2.27. The second kappa shape index (κ2) is 6.84. The number of alkyl halides is 3. The van der Waals surface area contributed by atoms with Crippen molar-refractivity contribution in [3.8, 4) is 0 Å². The van der Waals surface area contributed by atoms with Gasteiger partial charge in [0.15, 0.2) is 0 Å². The van der Waals surface area contributed by atoms with Crippen LogP contribution in [0.3, 0.4) is 0 Å². The van der Waals surface area contributed by atoms with Gasteiger partial charge in [-0.3, -0.25) is 10.1 Å². The molecule has 1 N–H and O–H groups in total. The molecule has 0 aliphatic carbocycles. The number of nitrogens with one attached hydrogen (secondary N) is 1. The van der Waals surface area contributed by atoms with Gasteiger partial charge in [0.05, 0.1) is 6.61 Å². The molecule has 0 spiro atoms. The number of rotatable bonds is 5. The lowest BCUT2D eigenvalue weighted by Gasteiger charge is -2.08. The maximum absolute atomic E-state index is 11.9. The Morgan fingerprint density at radius 3 is 2.50 bits per heavy atom. The Hall–Kier alpha value is -2.00. The van der Waals surface area contributed by atoms with Crippen LogP contribution in [-0.2, 0) is 11.3 Å². The summed E-state index contributed by atoms with van der Waals surface area (Å²) in [5, 5.41) is 11.3. The molecule has 0 radical (unpaired) electrons. The number of aryl methyl sites for hydroxylation is 1. The average Bonchev–Trinajstić information content (AvgIpc) is 2.83. The fraction of sp³-hybridized carbons (Fsp3) is 0.308. The number of aromatic nitrogens is 2. The third kappa shape index (κ3) is 5.08. The van der Waals surface area contributed by atoms with Gasteiger partial charge >= 0.3 is 6.18 Å². The molecule has 0 aliphatic heterocycles. The Kier molecular flexibility index (Phi) is 5.09. The topological polar surface area (TPSA) is 64.1 Å². The summed E-state index contributed by atoms with van der Waals surface area (Å²) in [6.07, 6.45) is -4.35. The van der Waals surface area contributed by atoms with Crippen LogP contribution in [0.5, 0.6) is 0 Å². The molecule has 0 saturated heterocycles. The highest BCUT2D eigenvalue weighted by Crippen LogP contribution is 2.17. The zero-order valence-electron chi connectivity index (χ0n) is 11.5. The largest absolute Gasteiger partial charge is 0.411 e. The Morgan fingerprint density at radius 2 is 1.95 bits per heavy atom. The van der Waals surface area contributed by atoms with Gasteiger partial charge in [-0.25, -0.2) is 0 Å². The van der Waals surface area contributed by atoms with Crippen molar-refractivity contribution in [1.29, 1.82) is 0 Å². The molecule has 0 fully saturated rings. The molecular weight excluding hydrogens is 319 g/mol. The van der Waals surface area contributed by atoms with Crippen molar-refractivity contribution in [2.24, 2.45) is 0 Å². The number of ether oxygens (including phenoxy) is 1. The number of benzene rings is 1. The van der Waals surface area contributed by atoms with E-state index in [0.29, 0.717) is 16.3 Å². The molecule has 1 aromatic carbocycles. The van der Waals surface area contributed by atoms with Gasteiger partial charge in [-0.15, -0.1) is 10.2 Å². The number of halogens is 3. The monoisotopic (exact) mass is 331 g/mol. The predicted octanol–water partition coefficient (Wildman–Crippen LogP) is 3.18. The molecule has 0 aliphatic rings. The van der Waals surface area contributed by atoms with E-state index < -0.39 is 12.8 Å². The molecule has 0 atom stereocenters. The number of carbonyl (C=O) groups excluding carboxylic acids is 1. The molecule has 1 aromatic heterocycles. The Labute approximate surface area is 128 Å². The molecule has 1 heterocycles. The molecule has 118 valence electrons. The predicted molar refractivity (Wildman–Crippen MR) is 74.8 cm³/mol. The van der Waals surface area contributed by atoms with Crippen LogP contribution in [0, 0.1) is 6.92 Å². The number of hydrogen-bond donors (Lipinski definition) is 1. The lowest BCUT2D eigenvalue weighted by Crippen LogP contribution is -2.16. The minimum atomic E-state index is -4.35. The first-order valence-electron chi connectivity index (χ1n) is 6.18. The lowest BCUT2D eigenvalue weighted by molar-refractivity contribution is -0.176. The highest BCUT2D eigenvalue weighted by atomic mass is 32.1.